The number of carbonyl (C=O) groups is 1. The van der Waals surface area contributed by atoms with E-state index >= 15 is 0 Å². The summed E-state index contributed by atoms with van der Waals surface area (Å²) in [6, 6.07) is -1.53. The SMILES string of the molecule is C[C@H]1CN2C(N)=N[C@@H](COC(N)=O)C3N=C(N)NC32C1(O)O. The van der Waals surface area contributed by atoms with Gasteiger partial charge in [0.15, 0.2) is 17.6 Å². The maximum absolute atomic E-state index is 10.8. The van der Waals surface area contributed by atoms with Crippen molar-refractivity contribution in [2.45, 2.75) is 30.5 Å². The largest absolute Gasteiger partial charge is 0.447 e. The highest BCUT2D eigenvalue weighted by molar-refractivity contribution is 5.87. The molecule has 1 saturated heterocycles. The van der Waals surface area contributed by atoms with Crippen LogP contribution >= 0.6 is 0 Å². The molecule has 22 heavy (non-hydrogen) atoms. The molecule has 3 heterocycles. The van der Waals surface area contributed by atoms with Crippen molar-refractivity contribution in [2.24, 2.45) is 33.1 Å². The summed E-state index contributed by atoms with van der Waals surface area (Å²) in [6.07, 6.45) is -0.966. The minimum Gasteiger partial charge on any atom is -0.447 e. The molecule has 0 aliphatic carbocycles. The third kappa shape index (κ3) is 1.66. The van der Waals surface area contributed by atoms with Crippen LogP contribution in [0.2, 0.25) is 0 Å². The lowest BCUT2D eigenvalue weighted by Crippen LogP contribution is -2.77. The van der Waals surface area contributed by atoms with Crippen molar-refractivity contribution < 1.29 is 19.7 Å². The van der Waals surface area contributed by atoms with Gasteiger partial charge in [-0.25, -0.2) is 14.8 Å². The van der Waals surface area contributed by atoms with Crippen molar-refractivity contribution in [3.05, 3.63) is 0 Å². The molecular formula is C11H19N7O4. The highest BCUT2D eigenvalue weighted by Crippen LogP contribution is 2.46. The molecule has 0 aromatic carbocycles. The highest BCUT2D eigenvalue weighted by atomic mass is 16.5. The summed E-state index contributed by atoms with van der Waals surface area (Å²) in [5, 5.41) is 24.1. The van der Waals surface area contributed by atoms with Crippen molar-refractivity contribution >= 4 is 18.0 Å². The predicted octanol–water partition coefficient (Wildman–Crippen LogP) is -3.61. The summed E-state index contributed by atoms with van der Waals surface area (Å²) in [5.74, 6) is -2.57. The molecule has 11 nitrogen and oxygen atoms in total. The third-order valence-corrected chi connectivity index (χ3v) is 4.49. The van der Waals surface area contributed by atoms with E-state index in [0.717, 1.165) is 0 Å². The second-order valence-corrected chi connectivity index (χ2v) is 5.77. The Morgan fingerprint density at radius 1 is 1.50 bits per heavy atom. The molecule has 3 aliphatic heterocycles. The van der Waals surface area contributed by atoms with Gasteiger partial charge in [0.2, 0.25) is 5.79 Å². The van der Waals surface area contributed by atoms with Crippen molar-refractivity contribution in [2.75, 3.05) is 13.2 Å². The van der Waals surface area contributed by atoms with Gasteiger partial charge in [0.1, 0.15) is 18.7 Å². The van der Waals surface area contributed by atoms with Crippen molar-refractivity contribution in [1.29, 1.82) is 0 Å². The molecule has 3 rings (SSSR count). The maximum atomic E-state index is 10.8. The number of ether oxygens (including phenoxy) is 1. The standard InChI is InChI=1S/C11H19N7O4/c1-4-2-18-8(13)15-5(3-22-9(14)19)6-10(18,11(4,20)21)17-7(12)16-6/h4-6,20-21H,2-3H2,1H3,(H2,13,15)(H2,14,19)(H3,12,16,17)/t4-,5-,6?,10?/m0/s1. The Morgan fingerprint density at radius 2 is 2.18 bits per heavy atom. The summed E-state index contributed by atoms with van der Waals surface area (Å²) in [4.78, 5) is 20.8. The quantitative estimate of drug-likeness (QED) is 0.282. The van der Waals surface area contributed by atoms with Crippen LogP contribution in [0.1, 0.15) is 6.92 Å². The first kappa shape index (κ1) is 14.7. The highest BCUT2D eigenvalue weighted by Gasteiger charge is 2.72. The first-order chi connectivity index (χ1) is 10.2. The number of nitrogens with two attached hydrogens (primary N) is 3. The minimum atomic E-state index is -2.16. The average molecular weight is 313 g/mol. The van der Waals surface area contributed by atoms with Gasteiger partial charge in [-0.15, -0.1) is 0 Å². The predicted molar refractivity (Wildman–Crippen MR) is 75.3 cm³/mol. The zero-order valence-corrected chi connectivity index (χ0v) is 11.9. The van der Waals surface area contributed by atoms with E-state index in [1.54, 1.807) is 6.92 Å². The number of rotatable bonds is 2. The van der Waals surface area contributed by atoms with Crippen LogP contribution in [0.25, 0.3) is 0 Å². The van der Waals surface area contributed by atoms with Crippen LogP contribution in [0, 0.1) is 5.92 Å². The summed E-state index contributed by atoms with van der Waals surface area (Å²) >= 11 is 0. The zero-order valence-electron chi connectivity index (χ0n) is 11.9. The molecule has 0 aromatic rings. The topological polar surface area (TPSA) is 185 Å². The summed E-state index contributed by atoms with van der Waals surface area (Å²) in [6.45, 7) is 1.74. The van der Waals surface area contributed by atoms with E-state index in [-0.39, 0.29) is 25.1 Å². The number of amides is 1. The lowest BCUT2D eigenvalue weighted by molar-refractivity contribution is -0.240. The molecule has 3 aliphatic rings. The van der Waals surface area contributed by atoms with Gasteiger partial charge in [-0.3, -0.25) is 0 Å². The van der Waals surface area contributed by atoms with Gasteiger partial charge in [0.05, 0.1) is 0 Å². The van der Waals surface area contributed by atoms with Gasteiger partial charge < -0.3 is 42.4 Å². The maximum Gasteiger partial charge on any atom is 0.404 e. The van der Waals surface area contributed by atoms with Crippen LogP contribution in [0.4, 0.5) is 4.79 Å². The number of aliphatic hydroxyl groups is 2. The van der Waals surface area contributed by atoms with E-state index in [1.165, 1.54) is 4.90 Å². The third-order valence-electron chi connectivity index (χ3n) is 4.49. The Hall–Kier alpha value is -2.27. The number of hydrogen-bond donors (Lipinski definition) is 6. The van der Waals surface area contributed by atoms with Gasteiger partial charge in [-0.05, 0) is 0 Å². The number of hydrogen-bond acceptors (Lipinski definition) is 10. The number of nitrogens with one attached hydrogen (secondary N) is 1. The van der Waals surface area contributed by atoms with Crippen LogP contribution in [0.15, 0.2) is 9.98 Å². The van der Waals surface area contributed by atoms with Gasteiger partial charge >= 0.3 is 6.09 Å². The lowest BCUT2D eigenvalue weighted by atomic mass is 9.84. The van der Waals surface area contributed by atoms with Gasteiger partial charge in [0, 0.05) is 12.5 Å². The average Bonchev–Trinajstić information content (AvgIpc) is 2.86. The molecular weight excluding hydrogens is 294 g/mol. The second-order valence-electron chi connectivity index (χ2n) is 5.77. The number of aliphatic imine (C=N–C) groups is 2. The van der Waals surface area contributed by atoms with E-state index in [2.05, 4.69) is 15.3 Å². The minimum absolute atomic E-state index is 0.0329. The Bertz CT molecular complexity index is 577. The van der Waals surface area contributed by atoms with Crippen LogP contribution in [-0.2, 0) is 4.74 Å². The van der Waals surface area contributed by atoms with Crippen LogP contribution in [0.5, 0.6) is 0 Å². The normalized spacial score (nSPS) is 38.5. The van der Waals surface area contributed by atoms with E-state index in [0.29, 0.717) is 0 Å². The van der Waals surface area contributed by atoms with E-state index in [1.807, 2.05) is 0 Å². The molecule has 0 aromatic heterocycles. The Kier molecular flexibility index (Phi) is 2.91. The number of carbonyl (C=O) groups excluding carboxylic acids is 1. The molecule has 1 amide bonds. The van der Waals surface area contributed by atoms with E-state index in [4.69, 9.17) is 21.9 Å². The zero-order chi connectivity index (χ0) is 16.3. The van der Waals surface area contributed by atoms with E-state index in [9.17, 15) is 15.0 Å². The lowest BCUT2D eigenvalue weighted by Gasteiger charge is -2.48. The fourth-order valence-electron chi connectivity index (χ4n) is 3.45. The Balaban J connectivity index is 2.04. The van der Waals surface area contributed by atoms with Gasteiger partial charge in [-0.2, -0.15) is 0 Å². The van der Waals surface area contributed by atoms with Crippen molar-refractivity contribution in [3.63, 3.8) is 0 Å². The first-order valence-electron chi connectivity index (χ1n) is 6.79. The number of primary amides is 1. The molecule has 0 saturated carbocycles. The van der Waals surface area contributed by atoms with Crippen LogP contribution in [0.3, 0.4) is 0 Å². The molecule has 2 unspecified atom stereocenters. The smallest absolute Gasteiger partial charge is 0.404 e. The molecule has 0 radical (unpaired) electrons. The molecule has 1 fully saturated rings. The fourth-order valence-corrected chi connectivity index (χ4v) is 3.45. The number of nitrogens with zero attached hydrogens (tertiary/aromatic N) is 3. The van der Waals surface area contributed by atoms with Crippen molar-refractivity contribution in [3.8, 4) is 0 Å². The second kappa shape index (κ2) is 4.36. The summed E-state index contributed by atoms with van der Waals surface area (Å²) in [5.41, 5.74) is 15.2. The summed E-state index contributed by atoms with van der Waals surface area (Å²) in [7, 11) is 0. The summed E-state index contributed by atoms with van der Waals surface area (Å²) < 4.78 is 4.77. The number of guanidine groups is 2. The molecule has 1 spiro atoms. The van der Waals surface area contributed by atoms with Gasteiger partial charge in [0.25, 0.3) is 0 Å². The van der Waals surface area contributed by atoms with Crippen LogP contribution < -0.4 is 22.5 Å². The van der Waals surface area contributed by atoms with Crippen LogP contribution in [-0.4, -0.2) is 69.8 Å². The molecule has 9 N–H and O–H groups in total. The molecule has 11 heteroatoms. The van der Waals surface area contributed by atoms with Gasteiger partial charge in [-0.1, -0.05) is 6.92 Å². The monoisotopic (exact) mass is 313 g/mol. The molecule has 0 bridgehead atoms. The first-order valence-corrected chi connectivity index (χ1v) is 6.79. The molecule has 4 atom stereocenters. The van der Waals surface area contributed by atoms with E-state index < -0.39 is 35.5 Å². The Labute approximate surface area is 125 Å². The fraction of sp³-hybridized carbons (Fsp3) is 0.727. The molecule has 122 valence electrons. The Morgan fingerprint density at radius 3 is 2.82 bits per heavy atom. The van der Waals surface area contributed by atoms with Crippen molar-refractivity contribution in [1.82, 2.24) is 10.2 Å².